The van der Waals surface area contributed by atoms with E-state index >= 15 is 0 Å². The lowest BCUT2D eigenvalue weighted by Crippen LogP contribution is -2.29. The topological polar surface area (TPSA) is 83.8 Å². The van der Waals surface area contributed by atoms with Gasteiger partial charge in [0, 0.05) is 23.6 Å². The van der Waals surface area contributed by atoms with Gasteiger partial charge in [-0.25, -0.2) is 4.98 Å². The second-order valence-electron chi connectivity index (χ2n) is 9.60. The predicted molar refractivity (Wildman–Crippen MR) is 129 cm³/mol. The lowest BCUT2D eigenvalue weighted by molar-refractivity contribution is -0.378. The highest BCUT2D eigenvalue weighted by molar-refractivity contribution is 6.46. The van der Waals surface area contributed by atoms with Crippen molar-refractivity contribution in [1.29, 1.82) is 0 Å². The first-order valence-corrected chi connectivity index (χ1v) is 11.9. The summed E-state index contributed by atoms with van der Waals surface area (Å²) in [6.07, 6.45) is 4.32. The van der Waals surface area contributed by atoms with Crippen LogP contribution in [0.15, 0.2) is 72.6 Å². The highest BCUT2D eigenvalue weighted by Crippen LogP contribution is 2.40. The normalized spacial score (nSPS) is 20.9. The molecule has 1 fully saturated rings. The second-order valence-corrected chi connectivity index (χ2v) is 9.60. The van der Waals surface area contributed by atoms with Crippen molar-refractivity contribution in [1.82, 2.24) is 4.90 Å². The number of aromatic amines is 1. The molecule has 2 aliphatic rings. The van der Waals surface area contributed by atoms with Crippen LogP contribution in [0, 0.1) is 0 Å². The molecular weight excluding hydrogens is 440 g/mol. The van der Waals surface area contributed by atoms with Crippen molar-refractivity contribution in [2.75, 3.05) is 0 Å². The smallest absolute Gasteiger partial charge is 0.295 e. The van der Waals surface area contributed by atoms with E-state index in [-0.39, 0.29) is 18.2 Å². The first-order valence-electron chi connectivity index (χ1n) is 11.9. The third-order valence-corrected chi connectivity index (χ3v) is 6.73. The molecule has 5 rings (SSSR count). The van der Waals surface area contributed by atoms with Crippen molar-refractivity contribution >= 4 is 17.4 Å². The number of carbonyl (C=O) groups is 2. The van der Waals surface area contributed by atoms with Crippen molar-refractivity contribution in [2.24, 2.45) is 0 Å². The molecule has 0 spiro atoms. The zero-order valence-corrected chi connectivity index (χ0v) is 20.1. The maximum Gasteiger partial charge on any atom is 0.295 e. The first kappa shape index (κ1) is 22.8. The van der Waals surface area contributed by atoms with Gasteiger partial charge in [0.15, 0.2) is 12.4 Å². The molecule has 3 heterocycles. The highest BCUT2D eigenvalue weighted by atomic mass is 16.5. The van der Waals surface area contributed by atoms with Gasteiger partial charge in [-0.05, 0) is 53.3 Å². The molecule has 6 heteroatoms. The molecule has 178 valence electrons. The molecule has 1 aromatic heterocycles. The highest BCUT2D eigenvalue weighted by Gasteiger charge is 2.44. The van der Waals surface area contributed by atoms with E-state index in [0.29, 0.717) is 17.9 Å². The van der Waals surface area contributed by atoms with Crippen molar-refractivity contribution in [3.63, 3.8) is 0 Å². The molecule has 0 radical (unpaired) electrons. The molecule has 3 aromatic rings. The average Bonchev–Trinajstić information content (AvgIpc) is 3.35. The van der Waals surface area contributed by atoms with Crippen LogP contribution in [-0.2, 0) is 22.6 Å². The van der Waals surface area contributed by atoms with E-state index in [0.717, 1.165) is 28.0 Å². The fourth-order valence-electron chi connectivity index (χ4n) is 4.89. The van der Waals surface area contributed by atoms with Gasteiger partial charge >= 0.3 is 0 Å². The summed E-state index contributed by atoms with van der Waals surface area (Å²) in [6, 6.07) is 16.0. The van der Waals surface area contributed by atoms with Crippen molar-refractivity contribution in [3.05, 3.63) is 100 Å². The minimum Gasteiger partial charge on any atom is -0.872 e. The van der Waals surface area contributed by atoms with E-state index in [1.54, 1.807) is 30.6 Å². The standard InChI is InChI=1S/C29H28N2O4/c1-17(2)20-6-8-21(9-7-20)26-25(27(32)22-10-11-24-23(14-22)13-18(3)35-24)28(33)29(34)31(26)16-19-5-4-12-30-15-19/h4-12,14-15,17-18,26,32H,13,16H2,1-3H3. The number of hydrogen-bond donors (Lipinski definition) is 0. The molecule has 2 aromatic carbocycles. The van der Waals surface area contributed by atoms with Gasteiger partial charge in [0.2, 0.25) is 5.78 Å². The number of pyridine rings is 1. The zero-order chi connectivity index (χ0) is 24.7. The van der Waals surface area contributed by atoms with Crippen LogP contribution in [0.25, 0.3) is 5.76 Å². The van der Waals surface area contributed by atoms with Gasteiger partial charge in [-0.1, -0.05) is 49.9 Å². The summed E-state index contributed by atoms with van der Waals surface area (Å²) in [5.41, 5.74) is 4.07. The fourth-order valence-corrected chi connectivity index (χ4v) is 4.89. The lowest BCUT2D eigenvalue weighted by atomic mass is 9.92. The molecule has 2 aliphatic heterocycles. The Labute approximate surface area is 204 Å². The monoisotopic (exact) mass is 468 g/mol. The van der Waals surface area contributed by atoms with Crippen LogP contribution in [0.2, 0.25) is 0 Å². The van der Waals surface area contributed by atoms with Gasteiger partial charge < -0.3 is 14.7 Å². The number of carbonyl (C=O) groups excluding carboxylic acids is 2. The number of hydrogen-bond acceptors (Lipinski definition) is 4. The van der Waals surface area contributed by atoms with E-state index < -0.39 is 23.5 Å². The number of Topliss-reactive ketones (excluding diaryl/α,β-unsaturated/α-hetero) is 1. The molecule has 1 saturated heterocycles. The van der Waals surface area contributed by atoms with Gasteiger partial charge in [-0.3, -0.25) is 9.59 Å². The minimum atomic E-state index is -0.757. The average molecular weight is 469 g/mol. The van der Waals surface area contributed by atoms with Crippen molar-refractivity contribution in [2.45, 2.75) is 51.8 Å². The molecule has 2 atom stereocenters. The number of amides is 1. The quantitative estimate of drug-likeness (QED) is 0.327. The van der Waals surface area contributed by atoms with Crippen molar-refractivity contribution < 1.29 is 24.4 Å². The predicted octanol–water partition coefficient (Wildman–Crippen LogP) is 3.37. The second kappa shape index (κ2) is 9.02. The summed E-state index contributed by atoms with van der Waals surface area (Å²) in [5.74, 6) is -0.708. The molecule has 2 unspecified atom stereocenters. The molecule has 1 amide bonds. The van der Waals surface area contributed by atoms with Crippen LogP contribution in [0.1, 0.15) is 60.5 Å². The van der Waals surface area contributed by atoms with E-state index in [1.165, 1.54) is 4.90 Å². The van der Waals surface area contributed by atoms with Crippen LogP contribution in [0.5, 0.6) is 5.75 Å². The number of nitrogens with one attached hydrogen (secondary N) is 1. The lowest BCUT2D eigenvalue weighted by Gasteiger charge is -2.27. The van der Waals surface area contributed by atoms with Crippen LogP contribution in [-0.4, -0.2) is 22.7 Å². The van der Waals surface area contributed by atoms with Gasteiger partial charge in [-0.2, -0.15) is 0 Å². The summed E-state index contributed by atoms with van der Waals surface area (Å²) in [7, 11) is 0. The van der Waals surface area contributed by atoms with Gasteiger partial charge in [0.25, 0.3) is 5.91 Å². The van der Waals surface area contributed by atoms with Crippen LogP contribution >= 0.6 is 0 Å². The number of ketones is 1. The Balaban J connectivity index is 1.62. The number of benzene rings is 2. The third-order valence-electron chi connectivity index (χ3n) is 6.73. The number of likely N-dealkylation sites (tertiary alicyclic amines) is 1. The Morgan fingerprint density at radius 3 is 2.60 bits per heavy atom. The Morgan fingerprint density at radius 2 is 1.91 bits per heavy atom. The molecule has 0 saturated carbocycles. The molecule has 1 N–H and O–H groups in total. The third kappa shape index (κ3) is 4.20. The summed E-state index contributed by atoms with van der Waals surface area (Å²) in [4.78, 5) is 31.0. The number of aromatic nitrogens is 1. The number of rotatable bonds is 5. The van der Waals surface area contributed by atoms with E-state index in [4.69, 9.17) is 4.74 Å². The summed E-state index contributed by atoms with van der Waals surface area (Å²) in [6.45, 7) is 6.40. The number of ether oxygens (including phenoxy) is 1. The van der Waals surface area contributed by atoms with Crippen LogP contribution < -0.4 is 14.8 Å². The SMILES string of the molecule is CC1Cc2cc(C([O-])=C3C(=O)C(=O)N(Cc4ccc[nH+]c4)C3c3ccc(C(C)C)cc3)ccc2O1. The van der Waals surface area contributed by atoms with Gasteiger partial charge in [0.1, 0.15) is 11.9 Å². The molecule has 6 nitrogen and oxygen atoms in total. The maximum atomic E-state index is 13.8. The number of nitrogens with zero attached hydrogens (tertiary/aromatic N) is 1. The van der Waals surface area contributed by atoms with Crippen LogP contribution in [0.4, 0.5) is 0 Å². The first-order chi connectivity index (χ1) is 16.8. The summed E-state index contributed by atoms with van der Waals surface area (Å²) in [5, 5.41) is 13.8. The molecular formula is C29H28N2O4. The Morgan fingerprint density at radius 1 is 1.14 bits per heavy atom. The Bertz CT molecular complexity index is 1310. The summed E-state index contributed by atoms with van der Waals surface area (Å²) >= 11 is 0. The van der Waals surface area contributed by atoms with Crippen LogP contribution in [0.3, 0.4) is 0 Å². The van der Waals surface area contributed by atoms with E-state index in [1.807, 2.05) is 43.3 Å². The van der Waals surface area contributed by atoms with E-state index in [9.17, 15) is 14.7 Å². The molecule has 0 bridgehead atoms. The Kier molecular flexibility index (Phi) is 5.89. The Hall–Kier alpha value is -3.93. The number of fused-ring (bicyclic) bond motifs is 1. The summed E-state index contributed by atoms with van der Waals surface area (Å²) < 4.78 is 5.76. The fraction of sp³-hybridized carbons (Fsp3) is 0.276. The number of H-pyrrole nitrogens is 1. The van der Waals surface area contributed by atoms with Crippen molar-refractivity contribution in [3.8, 4) is 5.75 Å². The van der Waals surface area contributed by atoms with Gasteiger partial charge in [0.05, 0.1) is 12.6 Å². The maximum absolute atomic E-state index is 13.8. The molecule has 0 aliphatic carbocycles. The zero-order valence-electron chi connectivity index (χ0n) is 20.1. The van der Waals surface area contributed by atoms with Gasteiger partial charge in [-0.15, -0.1) is 0 Å². The largest absolute Gasteiger partial charge is 0.872 e. The molecule has 35 heavy (non-hydrogen) atoms. The van der Waals surface area contributed by atoms with E-state index in [2.05, 4.69) is 18.8 Å². The minimum absolute atomic E-state index is 0.000813.